The third kappa shape index (κ3) is 5.37. The summed E-state index contributed by atoms with van der Waals surface area (Å²) in [6, 6.07) is 7.61. The molecule has 118 valence electrons. The van der Waals surface area contributed by atoms with E-state index in [0.717, 1.165) is 31.0 Å². The molecule has 0 bridgehead atoms. The minimum Gasteiger partial charge on any atom is -0.341 e. The van der Waals surface area contributed by atoms with Gasteiger partial charge in [0, 0.05) is 28.3 Å². The van der Waals surface area contributed by atoms with Gasteiger partial charge >= 0.3 is 0 Å². The fraction of sp³-hybridized carbons (Fsp3) is 0.533. The van der Waals surface area contributed by atoms with Crippen molar-refractivity contribution in [3.63, 3.8) is 0 Å². The fourth-order valence-electron chi connectivity index (χ4n) is 2.31. The molecule has 1 fully saturated rings. The summed E-state index contributed by atoms with van der Waals surface area (Å²) in [5.41, 5.74) is 5.81. The number of halogens is 2. The number of hydrogen-bond donors (Lipinski definition) is 1. The maximum Gasteiger partial charge on any atom is 0.239 e. The van der Waals surface area contributed by atoms with Crippen molar-refractivity contribution in [2.24, 2.45) is 5.73 Å². The zero-order valence-electron chi connectivity index (χ0n) is 12.1. The van der Waals surface area contributed by atoms with Crippen molar-refractivity contribution in [1.29, 1.82) is 0 Å². The molecular weight excluding hydrogens is 327 g/mol. The van der Waals surface area contributed by atoms with Crippen LogP contribution in [-0.4, -0.2) is 35.2 Å². The molecule has 1 aromatic carbocycles. The van der Waals surface area contributed by atoms with Crippen LogP contribution in [0.1, 0.15) is 26.2 Å². The van der Waals surface area contributed by atoms with E-state index in [0.29, 0.717) is 11.7 Å². The van der Waals surface area contributed by atoms with Crippen molar-refractivity contribution < 1.29 is 4.79 Å². The lowest BCUT2D eigenvalue weighted by molar-refractivity contribution is -0.133. The Balaban J connectivity index is 0.00000220. The van der Waals surface area contributed by atoms with Crippen molar-refractivity contribution in [2.45, 2.75) is 42.4 Å². The molecular formula is C15H22Cl2N2OS. The summed E-state index contributed by atoms with van der Waals surface area (Å²) in [6.45, 7) is 3.58. The quantitative estimate of drug-likeness (QED) is 0.904. The van der Waals surface area contributed by atoms with Crippen LogP contribution in [0.3, 0.4) is 0 Å². The van der Waals surface area contributed by atoms with Gasteiger partial charge in [-0.2, -0.15) is 0 Å². The standard InChI is InChI=1S/C15H21ClN2OS.ClH/c1-2-14(17)15(19)18-9-7-13(8-10-18)20-12-5-3-11(16)4-6-12;/h3-6,13-14H,2,7-10,17H2,1H3;1H. The lowest BCUT2D eigenvalue weighted by Crippen LogP contribution is -2.47. The molecule has 6 heteroatoms. The van der Waals surface area contributed by atoms with Crippen LogP contribution in [0, 0.1) is 0 Å². The van der Waals surface area contributed by atoms with Gasteiger partial charge in [-0.1, -0.05) is 18.5 Å². The molecule has 2 rings (SSSR count). The first-order chi connectivity index (χ1) is 9.60. The molecule has 1 aliphatic rings. The SMILES string of the molecule is CCC(N)C(=O)N1CCC(Sc2ccc(Cl)cc2)CC1.Cl. The number of rotatable bonds is 4. The van der Waals surface area contributed by atoms with Gasteiger partial charge < -0.3 is 10.6 Å². The molecule has 1 heterocycles. The van der Waals surface area contributed by atoms with E-state index >= 15 is 0 Å². The molecule has 0 radical (unpaired) electrons. The van der Waals surface area contributed by atoms with Gasteiger partial charge in [0.05, 0.1) is 6.04 Å². The predicted molar refractivity (Wildman–Crippen MR) is 92.4 cm³/mol. The van der Waals surface area contributed by atoms with Crippen LogP contribution in [0.25, 0.3) is 0 Å². The molecule has 21 heavy (non-hydrogen) atoms. The van der Waals surface area contributed by atoms with E-state index in [2.05, 4.69) is 12.1 Å². The Morgan fingerprint density at radius 1 is 1.38 bits per heavy atom. The number of carbonyl (C=O) groups excluding carboxylic acids is 1. The second kappa shape index (κ2) is 8.89. The summed E-state index contributed by atoms with van der Waals surface area (Å²) < 4.78 is 0. The Morgan fingerprint density at radius 2 is 1.95 bits per heavy atom. The van der Waals surface area contributed by atoms with Crippen LogP contribution in [0.15, 0.2) is 29.2 Å². The van der Waals surface area contributed by atoms with Crippen LogP contribution in [0.4, 0.5) is 0 Å². The summed E-state index contributed by atoms with van der Waals surface area (Å²) in [6.07, 6.45) is 2.75. The topological polar surface area (TPSA) is 46.3 Å². The number of nitrogens with zero attached hydrogens (tertiary/aromatic N) is 1. The van der Waals surface area contributed by atoms with E-state index in [9.17, 15) is 4.79 Å². The highest BCUT2D eigenvalue weighted by molar-refractivity contribution is 8.00. The number of hydrogen-bond acceptors (Lipinski definition) is 3. The van der Waals surface area contributed by atoms with Gasteiger partial charge in [-0.05, 0) is 43.5 Å². The van der Waals surface area contributed by atoms with Crippen LogP contribution in [-0.2, 0) is 4.79 Å². The first-order valence-electron chi connectivity index (χ1n) is 7.06. The fourth-order valence-corrected chi connectivity index (χ4v) is 3.56. The Morgan fingerprint density at radius 3 is 2.48 bits per heavy atom. The molecule has 1 aromatic rings. The third-order valence-corrected chi connectivity index (χ3v) is 5.23. The Labute approximate surface area is 142 Å². The highest BCUT2D eigenvalue weighted by Crippen LogP contribution is 2.31. The summed E-state index contributed by atoms with van der Waals surface area (Å²) in [7, 11) is 0. The molecule has 1 saturated heterocycles. The molecule has 1 aliphatic heterocycles. The van der Waals surface area contributed by atoms with Crippen LogP contribution < -0.4 is 5.73 Å². The number of carbonyl (C=O) groups is 1. The number of nitrogens with two attached hydrogens (primary N) is 1. The van der Waals surface area contributed by atoms with E-state index in [4.69, 9.17) is 17.3 Å². The maximum absolute atomic E-state index is 12.0. The second-order valence-corrected chi connectivity index (χ2v) is 6.92. The van der Waals surface area contributed by atoms with Crippen molar-refractivity contribution in [3.8, 4) is 0 Å². The molecule has 0 saturated carbocycles. The smallest absolute Gasteiger partial charge is 0.239 e. The molecule has 1 amide bonds. The summed E-state index contributed by atoms with van der Waals surface area (Å²) >= 11 is 7.76. The molecule has 0 aromatic heterocycles. The Bertz CT molecular complexity index is 447. The van der Waals surface area contributed by atoms with Gasteiger partial charge in [0.25, 0.3) is 0 Å². The first kappa shape index (κ1) is 18.6. The zero-order valence-corrected chi connectivity index (χ0v) is 14.5. The van der Waals surface area contributed by atoms with Gasteiger partial charge in [0.15, 0.2) is 0 Å². The van der Waals surface area contributed by atoms with Gasteiger partial charge in [0.2, 0.25) is 5.91 Å². The summed E-state index contributed by atoms with van der Waals surface area (Å²) in [5.74, 6) is 0.0995. The molecule has 3 nitrogen and oxygen atoms in total. The monoisotopic (exact) mass is 348 g/mol. The Kier molecular flexibility index (Phi) is 7.88. The summed E-state index contributed by atoms with van der Waals surface area (Å²) in [4.78, 5) is 15.2. The average molecular weight is 349 g/mol. The maximum atomic E-state index is 12.0. The van der Waals surface area contributed by atoms with Gasteiger partial charge in [-0.15, -0.1) is 24.2 Å². The minimum absolute atomic E-state index is 0. The average Bonchev–Trinajstić information content (AvgIpc) is 2.49. The highest BCUT2D eigenvalue weighted by atomic mass is 35.5. The number of piperidine rings is 1. The van der Waals surface area contributed by atoms with Crippen LogP contribution in [0.2, 0.25) is 5.02 Å². The highest BCUT2D eigenvalue weighted by Gasteiger charge is 2.25. The molecule has 0 aliphatic carbocycles. The summed E-state index contributed by atoms with van der Waals surface area (Å²) in [5, 5.41) is 1.33. The minimum atomic E-state index is -0.338. The van der Waals surface area contributed by atoms with Crippen molar-refractivity contribution in [3.05, 3.63) is 29.3 Å². The van der Waals surface area contributed by atoms with Crippen LogP contribution >= 0.6 is 35.8 Å². The van der Waals surface area contributed by atoms with Gasteiger partial charge in [-0.3, -0.25) is 4.79 Å². The van der Waals surface area contributed by atoms with Gasteiger partial charge in [-0.25, -0.2) is 0 Å². The van der Waals surface area contributed by atoms with Crippen molar-refractivity contribution in [1.82, 2.24) is 4.90 Å². The lowest BCUT2D eigenvalue weighted by atomic mass is 10.1. The van der Waals surface area contributed by atoms with E-state index in [-0.39, 0.29) is 24.4 Å². The number of amides is 1. The second-order valence-electron chi connectivity index (χ2n) is 5.11. The van der Waals surface area contributed by atoms with E-state index in [1.54, 1.807) is 0 Å². The number of benzene rings is 1. The molecule has 1 unspecified atom stereocenters. The molecule has 2 N–H and O–H groups in total. The van der Waals surface area contributed by atoms with E-state index < -0.39 is 0 Å². The predicted octanol–water partition coefficient (Wildman–Crippen LogP) is 3.58. The lowest BCUT2D eigenvalue weighted by Gasteiger charge is -2.33. The zero-order chi connectivity index (χ0) is 14.5. The molecule has 1 atom stereocenters. The van der Waals surface area contributed by atoms with Crippen molar-refractivity contribution >= 4 is 41.7 Å². The van der Waals surface area contributed by atoms with Gasteiger partial charge in [0.1, 0.15) is 0 Å². The molecule has 0 spiro atoms. The van der Waals surface area contributed by atoms with E-state index in [1.165, 1.54) is 4.90 Å². The first-order valence-corrected chi connectivity index (χ1v) is 8.32. The number of likely N-dealkylation sites (tertiary alicyclic amines) is 1. The largest absolute Gasteiger partial charge is 0.341 e. The third-order valence-electron chi connectivity index (χ3n) is 3.63. The normalized spacial score (nSPS) is 17.2. The number of thioether (sulfide) groups is 1. The Hall–Kier alpha value is -0.420. The van der Waals surface area contributed by atoms with Crippen LogP contribution in [0.5, 0.6) is 0 Å². The van der Waals surface area contributed by atoms with E-state index in [1.807, 2.05) is 35.7 Å². The van der Waals surface area contributed by atoms with Crippen molar-refractivity contribution in [2.75, 3.05) is 13.1 Å².